The van der Waals surface area contributed by atoms with Crippen LogP contribution in [-0.2, 0) is 4.79 Å². The van der Waals surface area contributed by atoms with Crippen LogP contribution in [0.1, 0.15) is 12.0 Å². The van der Waals surface area contributed by atoms with Gasteiger partial charge in [-0.1, -0.05) is 22.9 Å². The molecule has 0 radical (unpaired) electrons. The topological polar surface area (TPSA) is 87.5 Å². The predicted octanol–water partition coefficient (Wildman–Crippen LogP) is 1.91. The maximum atomic E-state index is 12.1. The summed E-state index contributed by atoms with van der Waals surface area (Å²) < 4.78 is 4.63. The molecular formula is C15H16N4O3. The fraction of sp³-hybridized carbons (Fsp3) is 0.267. The van der Waals surface area contributed by atoms with Gasteiger partial charge in [0.05, 0.1) is 6.04 Å². The molecule has 22 heavy (non-hydrogen) atoms. The second kappa shape index (κ2) is 5.88. The van der Waals surface area contributed by atoms with Crippen LogP contribution in [0.3, 0.4) is 0 Å². The summed E-state index contributed by atoms with van der Waals surface area (Å²) in [7, 11) is 0. The number of amides is 3. The van der Waals surface area contributed by atoms with Crippen molar-refractivity contribution in [2.75, 3.05) is 16.8 Å². The first-order chi connectivity index (χ1) is 10.6. The Hall–Kier alpha value is -2.83. The zero-order chi connectivity index (χ0) is 15.5. The summed E-state index contributed by atoms with van der Waals surface area (Å²) in [6.45, 7) is 2.45. The van der Waals surface area contributed by atoms with E-state index in [0.29, 0.717) is 12.4 Å². The summed E-state index contributed by atoms with van der Waals surface area (Å²) >= 11 is 0. The number of carbonyl (C=O) groups is 2. The zero-order valence-corrected chi connectivity index (χ0v) is 12.1. The number of benzene rings is 1. The molecular weight excluding hydrogens is 284 g/mol. The van der Waals surface area contributed by atoms with Crippen molar-refractivity contribution in [3.63, 3.8) is 0 Å². The van der Waals surface area contributed by atoms with Crippen LogP contribution >= 0.6 is 0 Å². The molecule has 3 rings (SSSR count). The number of hydrogen-bond acceptors (Lipinski definition) is 4. The van der Waals surface area contributed by atoms with Crippen molar-refractivity contribution in [2.24, 2.45) is 0 Å². The highest BCUT2D eigenvalue weighted by Gasteiger charge is 2.31. The Labute approximate surface area is 127 Å². The van der Waals surface area contributed by atoms with Gasteiger partial charge in [0.1, 0.15) is 6.26 Å². The van der Waals surface area contributed by atoms with Gasteiger partial charge in [0, 0.05) is 24.7 Å². The van der Waals surface area contributed by atoms with Gasteiger partial charge in [-0.2, -0.15) is 0 Å². The molecule has 2 heterocycles. The van der Waals surface area contributed by atoms with E-state index in [2.05, 4.69) is 20.3 Å². The molecule has 0 bridgehead atoms. The Morgan fingerprint density at radius 1 is 1.32 bits per heavy atom. The summed E-state index contributed by atoms with van der Waals surface area (Å²) in [5, 5.41) is 8.90. The minimum atomic E-state index is -0.405. The van der Waals surface area contributed by atoms with Crippen LogP contribution < -0.4 is 15.5 Å². The monoisotopic (exact) mass is 300 g/mol. The van der Waals surface area contributed by atoms with Gasteiger partial charge in [-0.15, -0.1) is 0 Å². The predicted molar refractivity (Wildman–Crippen MR) is 80.6 cm³/mol. The number of rotatable bonds is 3. The number of nitrogens with zero attached hydrogens (tertiary/aromatic N) is 2. The minimum Gasteiger partial charge on any atom is -0.363 e. The lowest BCUT2D eigenvalue weighted by molar-refractivity contribution is -0.117. The fourth-order valence-corrected chi connectivity index (χ4v) is 2.39. The number of urea groups is 1. The molecule has 114 valence electrons. The van der Waals surface area contributed by atoms with Crippen LogP contribution in [0.5, 0.6) is 0 Å². The van der Waals surface area contributed by atoms with Gasteiger partial charge in [-0.05, 0) is 19.1 Å². The second-order valence-electron chi connectivity index (χ2n) is 5.22. The van der Waals surface area contributed by atoms with Crippen molar-refractivity contribution in [3.8, 4) is 0 Å². The van der Waals surface area contributed by atoms with E-state index in [4.69, 9.17) is 0 Å². The van der Waals surface area contributed by atoms with Crippen LogP contribution in [0.4, 0.5) is 16.3 Å². The van der Waals surface area contributed by atoms with Crippen molar-refractivity contribution >= 4 is 23.4 Å². The van der Waals surface area contributed by atoms with Gasteiger partial charge in [0.2, 0.25) is 5.91 Å². The molecule has 1 saturated heterocycles. The summed E-state index contributed by atoms with van der Waals surface area (Å²) in [5.74, 6) is 0.327. The van der Waals surface area contributed by atoms with Crippen LogP contribution in [0.2, 0.25) is 0 Å². The number of aromatic nitrogens is 1. The number of nitrogens with one attached hydrogen (secondary N) is 2. The van der Waals surface area contributed by atoms with E-state index in [1.165, 1.54) is 12.3 Å². The molecule has 3 amide bonds. The summed E-state index contributed by atoms with van der Waals surface area (Å²) in [4.78, 5) is 25.6. The van der Waals surface area contributed by atoms with Crippen molar-refractivity contribution < 1.29 is 14.1 Å². The third kappa shape index (κ3) is 3.08. The van der Waals surface area contributed by atoms with Gasteiger partial charge in [0.15, 0.2) is 5.82 Å². The molecule has 2 N–H and O–H groups in total. The van der Waals surface area contributed by atoms with Crippen LogP contribution in [0, 0.1) is 6.92 Å². The van der Waals surface area contributed by atoms with E-state index in [1.54, 1.807) is 4.90 Å². The maximum Gasteiger partial charge on any atom is 0.320 e. The molecule has 1 unspecified atom stereocenters. The normalized spacial score (nSPS) is 17.6. The maximum absolute atomic E-state index is 12.1. The number of hydrogen-bond donors (Lipinski definition) is 2. The molecule has 1 aromatic heterocycles. The molecule has 0 saturated carbocycles. The molecule has 1 atom stereocenters. The van der Waals surface area contributed by atoms with Crippen molar-refractivity contribution in [1.82, 2.24) is 10.5 Å². The number of anilines is 2. The molecule has 1 aliphatic rings. The smallest absolute Gasteiger partial charge is 0.320 e. The third-order valence-corrected chi connectivity index (χ3v) is 3.49. The molecule has 7 nitrogen and oxygen atoms in total. The van der Waals surface area contributed by atoms with E-state index in [1.807, 2.05) is 31.2 Å². The highest BCUT2D eigenvalue weighted by molar-refractivity contribution is 5.97. The average molecular weight is 300 g/mol. The summed E-state index contributed by atoms with van der Waals surface area (Å²) in [5.41, 5.74) is 1.98. The van der Waals surface area contributed by atoms with Crippen LogP contribution in [-0.4, -0.2) is 29.7 Å². The van der Waals surface area contributed by atoms with Gasteiger partial charge < -0.3 is 14.7 Å². The fourth-order valence-electron chi connectivity index (χ4n) is 2.39. The Kier molecular flexibility index (Phi) is 3.78. The van der Waals surface area contributed by atoms with Crippen LogP contribution in [0.15, 0.2) is 41.1 Å². The van der Waals surface area contributed by atoms with E-state index >= 15 is 0 Å². The van der Waals surface area contributed by atoms with Crippen molar-refractivity contribution in [2.45, 2.75) is 19.4 Å². The standard InChI is InChI=1S/C15H16N4O3/c1-10-2-4-12(5-3-10)19-9-11(8-14(19)20)16-15(21)17-13-6-7-22-18-13/h2-7,11H,8-9H2,1H3,(H2,16,17,18,21). The molecule has 1 aliphatic heterocycles. The highest BCUT2D eigenvalue weighted by atomic mass is 16.5. The van der Waals surface area contributed by atoms with Crippen LogP contribution in [0.25, 0.3) is 0 Å². The molecule has 7 heteroatoms. The van der Waals surface area contributed by atoms with Gasteiger partial charge in [-0.25, -0.2) is 4.79 Å². The Morgan fingerprint density at radius 3 is 2.77 bits per heavy atom. The summed E-state index contributed by atoms with van der Waals surface area (Å²) in [6, 6.07) is 8.63. The molecule has 2 aromatic rings. The minimum absolute atomic E-state index is 0.00408. The molecule has 1 fully saturated rings. The largest absolute Gasteiger partial charge is 0.363 e. The van der Waals surface area contributed by atoms with Gasteiger partial charge in [-0.3, -0.25) is 10.1 Å². The van der Waals surface area contributed by atoms with Gasteiger partial charge >= 0.3 is 6.03 Å². The Balaban J connectivity index is 1.59. The summed E-state index contributed by atoms with van der Waals surface area (Å²) in [6.07, 6.45) is 1.65. The molecule has 0 spiro atoms. The lowest BCUT2D eigenvalue weighted by Crippen LogP contribution is -2.39. The quantitative estimate of drug-likeness (QED) is 0.906. The lowest BCUT2D eigenvalue weighted by Gasteiger charge is -2.17. The molecule has 1 aromatic carbocycles. The first-order valence-electron chi connectivity index (χ1n) is 6.97. The first kappa shape index (κ1) is 14.1. The van der Waals surface area contributed by atoms with E-state index in [0.717, 1.165) is 11.3 Å². The van der Waals surface area contributed by atoms with E-state index < -0.39 is 6.03 Å². The lowest BCUT2D eigenvalue weighted by atomic mass is 10.2. The van der Waals surface area contributed by atoms with Gasteiger partial charge in [0.25, 0.3) is 0 Å². The third-order valence-electron chi connectivity index (χ3n) is 3.49. The average Bonchev–Trinajstić information content (AvgIpc) is 3.10. The SMILES string of the molecule is Cc1ccc(N2CC(NC(=O)Nc3ccon3)CC2=O)cc1. The van der Waals surface area contributed by atoms with Crippen molar-refractivity contribution in [1.29, 1.82) is 0 Å². The number of aryl methyl sites for hydroxylation is 1. The van der Waals surface area contributed by atoms with E-state index in [9.17, 15) is 9.59 Å². The molecule has 0 aliphatic carbocycles. The first-order valence-corrected chi connectivity index (χ1v) is 6.97. The Bertz CT molecular complexity index is 667. The second-order valence-corrected chi connectivity index (χ2v) is 5.22. The Morgan fingerprint density at radius 2 is 2.09 bits per heavy atom. The number of carbonyl (C=O) groups excluding carboxylic acids is 2. The zero-order valence-electron chi connectivity index (χ0n) is 12.1. The van der Waals surface area contributed by atoms with Crippen molar-refractivity contribution in [3.05, 3.63) is 42.2 Å². The van der Waals surface area contributed by atoms with E-state index in [-0.39, 0.29) is 18.4 Å². The highest BCUT2D eigenvalue weighted by Crippen LogP contribution is 2.22.